The van der Waals surface area contributed by atoms with Gasteiger partial charge < -0.3 is 5.32 Å². The number of hydrazone groups is 1. The molecular weight excluding hydrogens is 334 g/mol. The van der Waals surface area contributed by atoms with E-state index in [4.69, 9.17) is 0 Å². The zero-order valence-electron chi connectivity index (χ0n) is 12.7. The van der Waals surface area contributed by atoms with Crippen LogP contribution < -0.4 is 10.1 Å². The molecule has 1 amide bonds. The lowest BCUT2D eigenvalue weighted by atomic mass is 10.3. The summed E-state index contributed by atoms with van der Waals surface area (Å²) in [4.78, 5) is 15.3. The standard InChI is InChI=1S/C15H17N3O3S2/c1-3-13-6-7-14(22-13)10-16-18-23(20,21)15-8-4-12(5-9-15)17-11(2)19/h4-10,18H,3H2,1-2H3,(H,17,19)/b16-10+. The van der Waals surface area contributed by atoms with Gasteiger partial charge in [-0.2, -0.15) is 13.5 Å². The maximum Gasteiger partial charge on any atom is 0.276 e. The zero-order chi connectivity index (χ0) is 16.9. The third kappa shape index (κ3) is 4.90. The third-order valence-corrected chi connectivity index (χ3v) is 5.28. The number of amides is 1. The number of hydrogen-bond donors (Lipinski definition) is 2. The molecule has 2 aromatic rings. The first-order chi connectivity index (χ1) is 10.9. The minimum absolute atomic E-state index is 0.0733. The monoisotopic (exact) mass is 351 g/mol. The summed E-state index contributed by atoms with van der Waals surface area (Å²) in [6.45, 7) is 3.44. The highest BCUT2D eigenvalue weighted by atomic mass is 32.2. The molecule has 0 aliphatic heterocycles. The lowest BCUT2D eigenvalue weighted by Gasteiger charge is -2.05. The number of rotatable bonds is 6. The first-order valence-electron chi connectivity index (χ1n) is 6.92. The van der Waals surface area contributed by atoms with Gasteiger partial charge in [0.2, 0.25) is 5.91 Å². The Labute approximate surface area is 139 Å². The van der Waals surface area contributed by atoms with Crippen LogP contribution in [0.3, 0.4) is 0 Å². The van der Waals surface area contributed by atoms with Gasteiger partial charge in [-0.15, -0.1) is 11.3 Å². The van der Waals surface area contributed by atoms with Crippen LogP contribution in [0.15, 0.2) is 46.4 Å². The second kappa shape index (κ2) is 7.38. The van der Waals surface area contributed by atoms with Crippen molar-refractivity contribution in [2.24, 2.45) is 5.10 Å². The summed E-state index contributed by atoms with van der Waals surface area (Å²) in [7, 11) is -3.73. The maximum absolute atomic E-state index is 12.1. The normalized spacial score (nSPS) is 11.6. The van der Waals surface area contributed by atoms with Gasteiger partial charge in [0.1, 0.15) is 0 Å². The Morgan fingerprint density at radius 1 is 1.22 bits per heavy atom. The van der Waals surface area contributed by atoms with Crippen molar-refractivity contribution >= 4 is 39.2 Å². The Hall–Kier alpha value is -2.19. The highest BCUT2D eigenvalue weighted by Crippen LogP contribution is 2.16. The fourth-order valence-electron chi connectivity index (χ4n) is 1.79. The molecule has 0 spiro atoms. The van der Waals surface area contributed by atoms with E-state index in [1.165, 1.54) is 42.3 Å². The number of nitrogens with one attached hydrogen (secondary N) is 2. The fraction of sp³-hybridized carbons (Fsp3) is 0.200. The van der Waals surface area contributed by atoms with Gasteiger partial charge in [-0.05, 0) is 42.8 Å². The topological polar surface area (TPSA) is 87.6 Å². The summed E-state index contributed by atoms with van der Waals surface area (Å²) < 4.78 is 24.2. The smallest absolute Gasteiger partial charge is 0.276 e. The van der Waals surface area contributed by atoms with Crippen LogP contribution >= 0.6 is 11.3 Å². The van der Waals surface area contributed by atoms with E-state index in [2.05, 4.69) is 22.2 Å². The SMILES string of the molecule is CCc1ccc(/C=N/NS(=O)(=O)c2ccc(NC(C)=O)cc2)s1. The van der Waals surface area contributed by atoms with Gasteiger partial charge in [-0.25, -0.2) is 4.83 Å². The van der Waals surface area contributed by atoms with Crippen LogP contribution in [0.5, 0.6) is 0 Å². The number of anilines is 1. The van der Waals surface area contributed by atoms with Crippen LogP contribution in [0.1, 0.15) is 23.6 Å². The predicted molar refractivity (Wildman–Crippen MR) is 92.4 cm³/mol. The number of carbonyl (C=O) groups excluding carboxylic acids is 1. The Morgan fingerprint density at radius 3 is 2.48 bits per heavy atom. The minimum Gasteiger partial charge on any atom is -0.326 e. The molecule has 0 bridgehead atoms. The second-order valence-corrected chi connectivity index (χ2v) is 7.58. The largest absolute Gasteiger partial charge is 0.326 e. The van der Waals surface area contributed by atoms with Gasteiger partial charge in [0, 0.05) is 22.4 Å². The van der Waals surface area contributed by atoms with Crippen molar-refractivity contribution in [3.8, 4) is 0 Å². The highest BCUT2D eigenvalue weighted by molar-refractivity contribution is 7.89. The summed E-state index contributed by atoms with van der Waals surface area (Å²) in [5.41, 5.74) is 0.533. The van der Waals surface area contributed by atoms with E-state index < -0.39 is 10.0 Å². The zero-order valence-corrected chi connectivity index (χ0v) is 14.4. The summed E-state index contributed by atoms with van der Waals surface area (Å²) in [5.74, 6) is -0.217. The third-order valence-electron chi connectivity index (χ3n) is 2.88. The average molecular weight is 351 g/mol. The molecule has 0 unspecified atom stereocenters. The van der Waals surface area contributed by atoms with E-state index in [0.29, 0.717) is 5.69 Å². The molecule has 2 rings (SSSR count). The van der Waals surface area contributed by atoms with Crippen LogP contribution in [0.2, 0.25) is 0 Å². The number of carbonyl (C=O) groups is 1. The summed E-state index contributed by atoms with van der Waals surface area (Å²) in [5, 5.41) is 6.36. The molecule has 0 saturated heterocycles. The molecule has 0 radical (unpaired) electrons. The first-order valence-corrected chi connectivity index (χ1v) is 9.22. The quantitative estimate of drug-likeness (QED) is 0.619. The lowest BCUT2D eigenvalue weighted by Crippen LogP contribution is -2.18. The van der Waals surface area contributed by atoms with Crippen molar-refractivity contribution in [3.05, 3.63) is 46.2 Å². The number of hydrogen-bond acceptors (Lipinski definition) is 5. The number of aryl methyl sites for hydroxylation is 1. The molecule has 8 heteroatoms. The van der Waals surface area contributed by atoms with Crippen LogP contribution in [-0.4, -0.2) is 20.5 Å². The van der Waals surface area contributed by atoms with Crippen molar-refractivity contribution in [2.45, 2.75) is 25.2 Å². The number of sulfonamides is 1. The molecule has 6 nitrogen and oxygen atoms in total. The summed E-state index contributed by atoms with van der Waals surface area (Å²) >= 11 is 1.56. The molecular formula is C15H17N3O3S2. The summed E-state index contributed by atoms with van der Waals surface area (Å²) in [6, 6.07) is 9.73. The Balaban J connectivity index is 2.04. The van der Waals surface area contributed by atoms with E-state index >= 15 is 0 Å². The van der Waals surface area contributed by atoms with Crippen molar-refractivity contribution in [1.29, 1.82) is 0 Å². The van der Waals surface area contributed by atoms with Gasteiger partial charge >= 0.3 is 0 Å². The fourth-order valence-corrected chi connectivity index (χ4v) is 3.40. The molecule has 1 aromatic carbocycles. The molecule has 0 aliphatic carbocycles. The molecule has 2 N–H and O–H groups in total. The van der Waals surface area contributed by atoms with Crippen molar-refractivity contribution in [2.75, 3.05) is 5.32 Å². The maximum atomic E-state index is 12.1. The Bertz CT molecular complexity index is 809. The molecule has 1 aromatic heterocycles. The minimum atomic E-state index is -3.73. The van der Waals surface area contributed by atoms with E-state index in [1.807, 2.05) is 12.1 Å². The van der Waals surface area contributed by atoms with Crippen LogP contribution in [0, 0.1) is 0 Å². The Kier molecular flexibility index (Phi) is 5.51. The molecule has 122 valence electrons. The van der Waals surface area contributed by atoms with E-state index in [0.717, 1.165) is 11.3 Å². The Morgan fingerprint density at radius 2 is 1.91 bits per heavy atom. The number of thiophene rings is 1. The van der Waals surface area contributed by atoms with E-state index in [-0.39, 0.29) is 10.8 Å². The van der Waals surface area contributed by atoms with Gasteiger partial charge in [-0.3, -0.25) is 4.79 Å². The van der Waals surface area contributed by atoms with Gasteiger partial charge in [0.05, 0.1) is 11.1 Å². The lowest BCUT2D eigenvalue weighted by molar-refractivity contribution is -0.114. The molecule has 0 atom stereocenters. The molecule has 0 aliphatic rings. The van der Waals surface area contributed by atoms with E-state index in [9.17, 15) is 13.2 Å². The first kappa shape index (κ1) is 17.2. The van der Waals surface area contributed by atoms with Crippen molar-refractivity contribution in [1.82, 2.24) is 4.83 Å². The molecule has 23 heavy (non-hydrogen) atoms. The van der Waals surface area contributed by atoms with Crippen LogP contribution in [-0.2, 0) is 21.2 Å². The predicted octanol–water partition coefficient (Wildman–Crippen LogP) is 2.58. The summed E-state index contributed by atoms with van der Waals surface area (Å²) in [6.07, 6.45) is 2.41. The molecule has 0 saturated carbocycles. The van der Waals surface area contributed by atoms with E-state index in [1.54, 1.807) is 11.3 Å². The van der Waals surface area contributed by atoms with Crippen LogP contribution in [0.25, 0.3) is 0 Å². The van der Waals surface area contributed by atoms with Crippen molar-refractivity contribution < 1.29 is 13.2 Å². The second-order valence-electron chi connectivity index (χ2n) is 4.72. The number of benzene rings is 1. The van der Waals surface area contributed by atoms with Gasteiger partial charge in [0.25, 0.3) is 10.0 Å². The number of nitrogens with zero attached hydrogens (tertiary/aromatic N) is 1. The molecule has 1 heterocycles. The average Bonchev–Trinajstić information content (AvgIpc) is 2.95. The highest BCUT2D eigenvalue weighted by Gasteiger charge is 2.12. The van der Waals surface area contributed by atoms with Gasteiger partial charge in [0.15, 0.2) is 0 Å². The van der Waals surface area contributed by atoms with Gasteiger partial charge in [-0.1, -0.05) is 6.92 Å². The van der Waals surface area contributed by atoms with Crippen molar-refractivity contribution in [3.63, 3.8) is 0 Å². The van der Waals surface area contributed by atoms with Crippen LogP contribution in [0.4, 0.5) is 5.69 Å². The molecule has 0 fully saturated rings.